The maximum atomic E-state index is 12.6. The van der Waals surface area contributed by atoms with Crippen molar-refractivity contribution in [1.82, 2.24) is 25.0 Å². The fourth-order valence-corrected chi connectivity index (χ4v) is 5.01. The predicted octanol–water partition coefficient (Wildman–Crippen LogP) is 3.87. The molecule has 3 aromatic heterocycles. The number of ether oxygens (including phenoxy) is 1. The van der Waals surface area contributed by atoms with Crippen molar-refractivity contribution in [2.75, 3.05) is 10.6 Å². The fraction of sp³-hybridized carbons (Fsp3) is 0.348. The third-order valence-corrected chi connectivity index (χ3v) is 6.89. The molecule has 6 rings (SSSR count). The lowest BCUT2D eigenvalue weighted by Gasteiger charge is -2.65. The van der Waals surface area contributed by atoms with Crippen molar-refractivity contribution in [2.24, 2.45) is 17.9 Å². The van der Waals surface area contributed by atoms with Gasteiger partial charge in [-0.05, 0) is 44.4 Å². The van der Waals surface area contributed by atoms with Crippen LogP contribution in [0.1, 0.15) is 37.9 Å². The third kappa shape index (κ3) is 3.95. The van der Waals surface area contributed by atoms with E-state index in [4.69, 9.17) is 21.6 Å². The van der Waals surface area contributed by atoms with E-state index >= 15 is 0 Å². The van der Waals surface area contributed by atoms with E-state index in [9.17, 15) is 9.59 Å². The van der Waals surface area contributed by atoms with Crippen molar-refractivity contribution >= 4 is 35.1 Å². The SMILES string of the molecule is C[C@@H](OC(=O)Nc1c(-c2ccc(NC(=O)C34CC(C#N)(C3)C4)cn2)nnn1C)c1cccnc1Cl. The molecule has 11 nitrogen and oxygen atoms in total. The van der Waals surface area contributed by atoms with E-state index in [0.717, 1.165) is 0 Å². The molecule has 2 bridgehead atoms. The summed E-state index contributed by atoms with van der Waals surface area (Å²) in [5.74, 6) is 0.205. The number of nitrogens with one attached hydrogen (secondary N) is 2. The number of aromatic nitrogens is 5. The molecule has 3 aliphatic carbocycles. The second kappa shape index (κ2) is 8.32. The average molecular weight is 493 g/mol. The normalized spacial score (nSPS) is 22.7. The van der Waals surface area contributed by atoms with E-state index < -0.39 is 17.6 Å². The van der Waals surface area contributed by atoms with Crippen LogP contribution in [-0.4, -0.2) is 37.0 Å². The number of nitrogens with zero attached hydrogens (tertiary/aromatic N) is 6. The van der Waals surface area contributed by atoms with Crippen LogP contribution in [0.5, 0.6) is 0 Å². The summed E-state index contributed by atoms with van der Waals surface area (Å²) >= 11 is 6.08. The summed E-state index contributed by atoms with van der Waals surface area (Å²) < 4.78 is 6.83. The maximum Gasteiger partial charge on any atom is 0.413 e. The van der Waals surface area contributed by atoms with Gasteiger partial charge < -0.3 is 10.1 Å². The highest BCUT2D eigenvalue weighted by atomic mass is 35.5. The van der Waals surface area contributed by atoms with Gasteiger partial charge in [0.15, 0.2) is 11.5 Å². The molecular formula is C23H21ClN8O3. The standard InChI is InChI=1S/C23H21ClN8O3/c1-13(15-4-3-7-26-18(15)24)35-21(34)29-19-17(30-31-32(19)2)16-6-5-14(8-27-16)28-20(33)23-9-22(10-23,11-23)12-25/h3-8,13H,9-11H2,1-2H3,(H,28,33)(H,29,34)/t13-,22?,23?/m1/s1. The van der Waals surface area contributed by atoms with Gasteiger partial charge in [0.25, 0.3) is 0 Å². The first kappa shape index (κ1) is 22.7. The van der Waals surface area contributed by atoms with Crippen LogP contribution in [-0.2, 0) is 16.6 Å². The van der Waals surface area contributed by atoms with Gasteiger partial charge in [0, 0.05) is 18.8 Å². The molecule has 3 aliphatic rings. The number of carbonyl (C=O) groups is 2. The Morgan fingerprint density at radius 1 is 1.23 bits per heavy atom. The minimum atomic E-state index is -0.721. The smallest absolute Gasteiger partial charge is 0.413 e. The highest BCUT2D eigenvalue weighted by molar-refractivity contribution is 6.30. The molecule has 3 aromatic rings. The van der Waals surface area contributed by atoms with E-state index in [0.29, 0.717) is 47.7 Å². The summed E-state index contributed by atoms with van der Waals surface area (Å²) in [6.45, 7) is 1.69. The predicted molar refractivity (Wildman–Crippen MR) is 125 cm³/mol. The van der Waals surface area contributed by atoms with Crippen molar-refractivity contribution in [3.05, 3.63) is 47.4 Å². The number of amides is 2. The molecule has 0 aliphatic heterocycles. The molecule has 3 saturated carbocycles. The lowest BCUT2D eigenvalue weighted by Crippen LogP contribution is -2.65. The zero-order chi connectivity index (χ0) is 24.8. The molecular weight excluding hydrogens is 472 g/mol. The van der Waals surface area contributed by atoms with E-state index in [1.54, 1.807) is 44.4 Å². The van der Waals surface area contributed by atoms with Gasteiger partial charge in [-0.1, -0.05) is 22.9 Å². The van der Waals surface area contributed by atoms with Crippen molar-refractivity contribution in [3.63, 3.8) is 0 Å². The summed E-state index contributed by atoms with van der Waals surface area (Å²) in [6.07, 6.45) is 3.56. The Morgan fingerprint density at radius 3 is 2.66 bits per heavy atom. The van der Waals surface area contributed by atoms with Crippen LogP contribution in [0.4, 0.5) is 16.3 Å². The first-order chi connectivity index (χ1) is 16.7. The summed E-state index contributed by atoms with van der Waals surface area (Å²) in [4.78, 5) is 33.5. The van der Waals surface area contributed by atoms with E-state index in [-0.39, 0.29) is 16.5 Å². The van der Waals surface area contributed by atoms with Crippen LogP contribution >= 0.6 is 11.6 Å². The molecule has 35 heavy (non-hydrogen) atoms. The van der Waals surface area contributed by atoms with E-state index in [1.807, 2.05) is 0 Å². The van der Waals surface area contributed by atoms with E-state index in [1.165, 1.54) is 10.9 Å². The number of pyridine rings is 2. The zero-order valence-corrected chi connectivity index (χ0v) is 19.7. The maximum absolute atomic E-state index is 12.6. The molecule has 0 unspecified atom stereocenters. The van der Waals surface area contributed by atoms with Gasteiger partial charge in [0.1, 0.15) is 11.3 Å². The molecule has 2 amide bonds. The Kier molecular flexibility index (Phi) is 5.40. The van der Waals surface area contributed by atoms with Crippen molar-refractivity contribution in [2.45, 2.75) is 32.3 Å². The minimum Gasteiger partial charge on any atom is -0.441 e. The second-order valence-corrected chi connectivity index (χ2v) is 9.41. The number of hydrogen-bond acceptors (Lipinski definition) is 8. The van der Waals surface area contributed by atoms with Gasteiger partial charge in [-0.2, -0.15) is 5.26 Å². The lowest BCUT2D eigenvalue weighted by atomic mass is 9.35. The number of anilines is 2. The highest BCUT2D eigenvalue weighted by Crippen LogP contribution is 2.73. The van der Waals surface area contributed by atoms with Gasteiger partial charge in [-0.15, -0.1) is 5.10 Å². The summed E-state index contributed by atoms with van der Waals surface area (Å²) in [5.41, 5.74) is 1.18. The quantitative estimate of drug-likeness (QED) is 0.492. The number of aryl methyl sites for hydroxylation is 1. The molecule has 0 spiro atoms. The highest BCUT2D eigenvalue weighted by Gasteiger charge is 2.72. The molecule has 0 radical (unpaired) electrons. The Bertz CT molecular complexity index is 1340. The number of rotatable bonds is 6. The Labute approximate surface area is 205 Å². The first-order valence-corrected chi connectivity index (χ1v) is 11.3. The summed E-state index contributed by atoms with van der Waals surface area (Å²) in [6, 6.07) is 9.11. The first-order valence-electron chi connectivity index (χ1n) is 10.9. The number of carbonyl (C=O) groups excluding carboxylic acids is 2. The molecule has 1 atom stereocenters. The van der Waals surface area contributed by atoms with Crippen LogP contribution < -0.4 is 10.6 Å². The molecule has 3 heterocycles. The third-order valence-electron chi connectivity index (χ3n) is 6.57. The minimum absolute atomic E-state index is 0.0865. The van der Waals surface area contributed by atoms with Crippen LogP contribution in [0.3, 0.4) is 0 Å². The Morgan fingerprint density at radius 2 is 2.00 bits per heavy atom. The average Bonchev–Trinajstić information content (AvgIpc) is 3.13. The van der Waals surface area contributed by atoms with Gasteiger partial charge >= 0.3 is 6.09 Å². The van der Waals surface area contributed by atoms with Gasteiger partial charge in [0.05, 0.1) is 34.5 Å². The molecule has 0 saturated heterocycles. The summed E-state index contributed by atoms with van der Waals surface area (Å²) in [7, 11) is 1.62. The Balaban J connectivity index is 1.24. The molecule has 3 fully saturated rings. The van der Waals surface area contributed by atoms with Crippen molar-refractivity contribution in [3.8, 4) is 17.5 Å². The molecule has 2 N–H and O–H groups in total. The van der Waals surface area contributed by atoms with Gasteiger partial charge in [0.2, 0.25) is 5.91 Å². The lowest BCUT2D eigenvalue weighted by molar-refractivity contribution is -0.179. The van der Waals surface area contributed by atoms with E-state index in [2.05, 4.69) is 37.0 Å². The number of nitriles is 1. The molecule has 12 heteroatoms. The molecule has 0 aromatic carbocycles. The fourth-order valence-electron chi connectivity index (χ4n) is 4.74. The second-order valence-electron chi connectivity index (χ2n) is 9.06. The largest absolute Gasteiger partial charge is 0.441 e. The number of halogens is 1. The zero-order valence-electron chi connectivity index (χ0n) is 18.9. The van der Waals surface area contributed by atoms with Crippen LogP contribution in [0.15, 0.2) is 36.7 Å². The van der Waals surface area contributed by atoms with Gasteiger partial charge in [-0.3, -0.25) is 15.1 Å². The van der Waals surface area contributed by atoms with Crippen molar-refractivity contribution < 1.29 is 14.3 Å². The number of hydrogen-bond donors (Lipinski definition) is 2. The van der Waals surface area contributed by atoms with Crippen LogP contribution in [0, 0.1) is 22.2 Å². The Hall–Kier alpha value is -4.04. The topological polar surface area (TPSA) is 148 Å². The van der Waals surface area contributed by atoms with Crippen LogP contribution in [0.2, 0.25) is 5.15 Å². The van der Waals surface area contributed by atoms with Gasteiger partial charge in [-0.25, -0.2) is 14.5 Å². The van der Waals surface area contributed by atoms with Crippen LogP contribution in [0.25, 0.3) is 11.4 Å². The summed E-state index contributed by atoms with van der Waals surface area (Å²) in [5, 5.41) is 23.0. The van der Waals surface area contributed by atoms with Crippen molar-refractivity contribution in [1.29, 1.82) is 5.26 Å². The molecule has 178 valence electrons. The monoisotopic (exact) mass is 492 g/mol.